The molecule has 0 aliphatic heterocycles. The zero-order valence-electron chi connectivity index (χ0n) is 12.5. The molecule has 2 heterocycles. The van der Waals surface area contributed by atoms with Gasteiger partial charge in [0.25, 0.3) is 0 Å². The lowest BCUT2D eigenvalue weighted by molar-refractivity contribution is -0.138. The molecule has 0 atom stereocenters. The minimum atomic E-state index is -0.861. The molecule has 114 valence electrons. The summed E-state index contributed by atoms with van der Waals surface area (Å²) in [5.41, 5.74) is 2.77. The standard InChI is InChI=1S/C14H20N4O3/c1-10-6-11(2)18-8-12(16-14(18)15-10)7-17(4-5-21-3)9-13(19)20/h6,8H,4-5,7,9H2,1-3H3,(H,19,20). The molecule has 0 aliphatic rings. The Bertz CT molecular complexity index is 638. The summed E-state index contributed by atoms with van der Waals surface area (Å²) in [6.07, 6.45) is 1.90. The van der Waals surface area contributed by atoms with Gasteiger partial charge in [0.05, 0.1) is 18.8 Å². The summed E-state index contributed by atoms with van der Waals surface area (Å²) in [6.45, 7) is 5.36. The Balaban J connectivity index is 2.19. The Hall–Kier alpha value is -1.99. The number of ether oxygens (including phenoxy) is 1. The van der Waals surface area contributed by atoms with E-state index >= 15 is 0 Å². The minimum absolute atomic E-state index is 0.0390. The van der Waals surface area contributed by atoms with Crippen molar-refractivity contribution in [1.29, 1.82) is 0 Å². The Labute approximate surface area is 123 Å². The molecule has 0 unspecified atom stereocenters. The van der Waals surface area contributed by atoms with Gasteiger partial charge in [-0.1, -0.05) is 0 Å². The average molecular weight is 292 g/mol. The van der Waals surface area contributed by atoms with Crippen LogP contribution in [0.2, 0.25) is 0 Å². The monoisotopic (exact) mass is 292 g/mol. The molecule has 21 heavy (non-hydrogen) atoms. The molecule has 1 N–H and O–H groups in total. The fourth-order valence-electron chi connectivity index (χ4n) is 2.25. The van der Waals surface area contributed by atoms with Crippen molar-refractivity contribution in [3.63, 3.8) is 0 Å². The summed E-state index contributed by atoms with van der Waals surface area (Å²) in [7, 11) is 1.60. The van der Waals surface area contributed by atoms with Gasteiger partial charge in [-0.15, -0.1) is 0 Å². The number of nitrogens with zero attached hydrogens (tertiary/aromatic N) is 4. The number of rotatable bonds is 7. The molecule has 2 rings (SSSR count). The predicted octanol–water partition coefficient (Wildman–Crippen LogP) is 0.879. The lowest BCUT2D eigenvalue weighted by atomic mass is 10.3. The maximum Gasteiger partial charge on any atom is 0.317 e. The van der Waals surface area contributed by atoms with Crippen LogP contribution in [-0.4, -0.2) is 57.2 Å². The molecular weight excluding hydrogens is 272 g/mol. The second-order valence-electron chi connectivity index (χ2n) is 5.04. The summed E-state index contributed by atoms with van der Waals surface area (Å²) in [5.74, 6) is -0.218. The third kappa shape index (κ3) is 3.99. The quantitative estimate of drug-likeness (QED) is 0.816. The highest BCUT2D eigenvalue weighted by atomic mass is 16.5. The van der Waals surface area contributed by atoms with Crippen LogP contribution in [0.4, 0.5) is 0 Å². The van der Waals surface area contributed by atoms with Crippen molar-refractivity contribution in [3.05, 3.63) is 29.3 Å². The van der Waals surface area contributed by atoms with E-state index in [-0.39, 0.29) is 6.54 Å². The van der Waals surface area contributed by atoms with Gasteiger partial charge in [0, 0.05) is 37.8 Å². The molecule has 0 bridgehead atoms. The molecule has 0 amide bonds. The van der Waals surface area contributed by atoms with Gasteiger partial charge in [0.15, 0.2) is 0 Å². The summed E-state index contributed by atoms with van der Waals surface area (Å²) in [5, 5.41) is 8.96. The molecule has 7 nitrogen and oxygen atoms in total. The number of methoxy groups -OCH3 is 1. The van der Waals surface area contributed by atoms with Crippen LogP contribution < -0.4 is 0 Å². The van der Waals surface area contributed by atoms with Gasteiger partial charge in [-0.2, -0.15) is 0 Å². The number of hydrogen-bond donors (Lipinski definition) is 1. The van der Waals surface area contributed by atoms with E-state index in [9.17, 15) is 4.79 Å². The fourth-order valence-corrected chi connectivity index (χ4v) is 2.25. The smallest absolute Gasteiger partial charge is 0.317 e. The average Bonchev–Trinajstić information content (AvgIpc) is 2.78. The number of hydrogen-bond acceptors (Lipinski definition) is 5. The van der Waals surface area contributed by atoms with Crippen LogP contribution in [0.1, 0.15) is 17.1 Å². The Morgan fingerprint density at radius 2 is 2.19 bits per heavy atom. The molecule has 0 radical (unpaired) electrons. The molecule has 2 aromatic heterocycles. The summed E-state index contributed by atoms with van der Waals surface area (Å²) in [4.78, 5) is 21.5. The van der Waals surface area contributed by atoms with Crippen LogP contribution in [0, 0.1) is 13.8 Å². The van der Waals surface area contributed by atoms with E-state index in [0.717, 1.165) is 17.1 Å². The molecule has 7 heteroatoms. The van der Waals surface area contributed by atoms with Crippen molar-refractivity contribution in [3.8, 4) is 0 Å². The van der Waals surface area contributed by atoms with Crippen molar-refractivity contribution < 1.29 is 14.6 Å². The molecule has 0 aromatic carbocycles. The van der Waals surface area contributed by atoms with Crippen molar-refractivity contribution in [1.82, 2.24) is 19.3 Å². The van der Waals surface area contributed by atoms with Crippen molar-refractivity contribution in [2.24, 2.45) is 0 Å². The normalized spacial score (nSPS) is 11.4. The molecule has 0 saturated carbocycles. The lowest BCUT2D eigenvalue weighted by Gasteiger charge is -2.18. The Morgan fingerprint density at radius 3 is 2.86 bits per heavy atom. The van der Waals surface area contributed by atoms with Crippen LogP contribution in [0.15, 0.2) is 12.3 Å². The first-order valence-corrected chi connectivity index (χ1v) is 6.75. The van der Waals surface area contributed by atoms with E-state index < -0.39 is 5.97 Å². The van der Waals surface area contributed by atoms with E-state index in [4.69, 9.17) is 9.84 Å². The highest BCUT2D eigenvalue weighted by Gasteiger charge is 2.13. The number of fused-ring (bicyclic) bond motifs is 1. The second kappa shape index (κ2) is 6.64. The summed E-state index contributed by atoms with van der Waals surface area (Å²) in [6, 6.07) is 1.98. The maximum absolute atomic E-state index is 10.9. The second-order valence-corrected chi connectivity index (χ2v) is 5.04. The van der Waals surface area contributed by atoms with Gasteiger partial charge in [0.1, 0.15) is 0 Å². The summed E-state index contributed by atoms with van der Waals surface area (Å²) < 4.78 is 6.93. The van der Waals surface area contributed by atoms with Crippen LogP contribution in [0.3, 0.4) is 0 Å². The first kappa shape index (κ1) is 15.4. The van der Waals surface area contributed by atoms with Crippen LogP contribution in [0.5, 0.6) is 0 Å². The highest BCUT2D eigenvalue weighted by Crippen LogP contribution is 2.10. The van der Waals surface area contributed by atoms with Gasteiger partial charge in [-0.25, -0.2) is 9.97 Å². The predicted molar refractivity (Wildman–Crippen MR) is 77.2 cm³/mol. The lowest BCUT2D eigenvalue weighted by Crippen LogP contribution is -2.32. The minimum Gasteiger partial charge on any atom is -0.480 e. The zero-order chi connectivity index (χ0) is 15.4. The third-order valence-corrected chi connectivity index (χ3v) is 3.17. The van der Waals surface area contributed by atoms with Gasteiger partial charge < -0.3 is 9.84 Å². The maximum atomic E-state index is 10.9. The molecular formula is C14H20N4O3. The van der Waals surface area contributed by atoms with Crippen LogP contribution >= 0.6 is 0 Å². The molecule has 2 aromatic rings. The van der Waals surface area contributed by atoms with Crippen LogP contribution in [0.25, 0.3) is 5.78 Å². The summed E-state index contributed by atoms with van der Waals surface area (Å²) >= 11 is 0. The van der Waals surface area contributed by atoms with Gasteiger partial charge in [-0.3, -0.25) is 14.1 Å². The highest BCUT2D eigenvalue weighted by molar-refractivity contribution is 5.69. The van der Waals surface area contributed by atoms with Crippen molar-refractivity contribution in [2.75, 3.05) is 26.8 Å². The van der Waals surface area contributed by atoms with Gasteiger partial charge in [-0.05, 0) is 19.9 Å². The number of carbonyl (C=O) groups is 1. The van der Waals surface area contributed by atoms with Crippen molar-refractivity contribution in [2.45, 2.75) is 20.4 Å². The van der Waals surface area contributed by atoms with E-state index in [1.807, 2.05) is 30.5 Å². The van der Waals surface area contributed by atoms with Crippen LogP contribution in [-0.2, 0) is 16.1 Å². The number of aryl methyl sites for hydroxylation is 2. The Morgan fingerprint density at radius 1 is 1.43 bits per heavy atom. The number of carboxylic acids is 1. The fraction of sp³-hybridized carbons (Fsp3) is 0.500. The number of imidazole rings is 1. The van der Waals surface area contributed by atoms with Gasteiger partial charge >= 0.3 is 5.97 Å². The SMILES string of the molecule is COCCN(CC(=O)O)Cc1cn2c(C)cc(C)nc2n1. The molecule has 0 saturated heterocycles. The first-order valence-electron chi connectivity index (χ1n) is 6.75. The van der Waals surface area contributed by atoms with Crippen molar-refractivity contribution >= 4 is 11.7 Å². The van der Waals surface area contributed by atoms with E-state index in [1.54, 1.807) is 12.0 Å². The largest absolute Gasteiger partial charge is 0.480 e. The van der Waals surface area contributed by atoms with E-state index in [0.29, 0.717) is 25.5 Å². The zero-order valence-corrected chi connectivity index (χ0v) is 12.5. The topological polar surface area (TPSA) is 80.0 Å². The number of aromatic nitrogens is 3. The molecule has 0 spiro atoms. The molecule has 0 fully saturated rings. The van der Waals surface area contributed by atoms with E-state index in [2.05, 4.69) is 9.97 Å². The number of aliphatic carboxylic acids is 1. The molecule has 0 aliphatic carbocycles. The Kier molecular flexibility index (Phi) is 4.87. The van der Waals surface area contributed by atoms with E-state index in [1.165, 1.54) is 0 Å². The number of carboxylic acid groups (broad SMARTS) is 1. The third-order valence-electron chi connectivity index (χ3n) is 3.17. The van der Waals surface area contributed by atoms with Gasteiger partial charge in [0.2, 0.25) is 5.78 Å². The first-order chi connectivity index (χ1) is 9.99.